The zero-order valence-corrected chi connectivity index (χ0v) is 14.7. The number of piperidine rings is 1. The van der Waals surface area contributed by atoms with E-state index >= 15 is 0 Å². The lowest BCUT2D eigenvalue weighted by Gasteiger charge is -2.32. The Morgan fingerprint density at radius 2 is 2.20 bits per heavy atom. The van der Waals surface area contributed by atoms with Gasteiger partial charge in [-0.2, -0.15) is 5.10 Å². The molecule has 1 aliphatic rings. The van der Waals surface area contributed by atoms with Crippen molar-refractivity contribution in [2.45, 2.75) is 39.2 Å². The summed E-state index contributed by atoms with van der Waals surface area (Å²) >= 11 is 0. The molecule has 0 bridgehead atoms. The molecule has 25 heavy (non-hydrogen) atoms. The fourth-order valence-electron chi connectivity index (χ4n) is 3.59. The maximum absolute atomic E-state index is 12.8. The molecular weight excluding hydrogens is 314 g/mol. The summed E-state index contributed by atoms with van der Waals surface area (Å²) in [6, 6.07) is 4.31. The van der Waals surface area contributed by atoms with Gasteiger partial charge in [-0.1, -0.05) is 6.07 Å². The number of imidazole rings is 1. The molecular formula is C19H23N5O. The summed E-state index contributed by atoms with van der Waals surface area (Å²) in [7, 11) is 0. The Balaban J connectivity index is 1.47. The molecule has 130 valence electrons. The summed E-state index contributed by atoms with van der Waals surface area (Å²) < 4.78 is 3.99. The molecule has 1 fully saturated rings. The number of hydrogen-bond acceptors (Lipinski definition) is 3. The van der Waals surface area contributed by atoms with Gasteiger partial charge in [-0.15, -0.1) is 0 Å². The van der Waals surface area contributed by atoms with Crippen molar-refractivity contribution in [1.29, 1.82) is 0 Å². The molecule has 1 aliphatic heterocycles. The summed E-state index contributed by atoms with van der Waals surface area (Å²) in [5, 5.41) is 4.42. The number of aromatic nitrogens is 4. The number of likely N-dealkylation sites (tertiary alicyclic amines) is 1. The van der Waals surface area contributed by atoms with Crippen molar-refractivity contribution in [3.05, 3.63) is 53.7 Å². The van der Waals surface area contributed by atoms with E-state index in [1.807, 2.05) is 58.6 Å². The van der Waals surface area contributed by atoms with E-state index in [-0.39, 0.29) is 11.9 Å². The molecule has 1 amide bonds. The van der Waals surface area contributed by atoms with E-state index in [0.717, 1.165) is 48.4 Å². The van der Waals surface area contributed by atoms with Crippen LogP contribution >= 0.6 is 0 Å². The Kier molecular flexibility index (Phi) is 4.03. The van der Waals surface area contributed by atoms with Gasteiger partial charge in [0.2, 0.25) is 5.91 Å². The number of carbonyl (C=O) groups excluding carboxylic acids is 1. The molecule has 0 aliphatic carbocycles. The maximum Gasteiger partial charge on any atom is 0.228 e. The molecule has 6 nitrogen and oxygen atoms in total. The van der Waals surface area contributed by atoms with Crippen LogP contribution in [0, 0.1) is 13.8 Å². The number of carbonyl (C=O) groups is 1. The maximum atomic E-state index is 12.8. The molecule has 4 rings (SSSR count). The molecule has 0 aromatic carbocycles. The van der Waals surface area contributed by atoms with Gasteiger partial charge in [0.25, 0.3) is 0 Å². The van der Waals surface area contributed by atoms with E-state index in [9.17, 15) is 4.79 Å². The monoisotopic (exact) mass is 337 g/mol. The lowest BCUT2D eigenvalue weighted by atomic mass is 10.1. The molecule has 1 saturated heterocycles. The number of aryl methyl sites for hydroxylation is 2. The Bertz CT molecular complexity index is 910. The predicted molar refractivity (Wildman–Crippen MR) is 95.4 cm³/mol. The Morgan fingerprint density at radius 3 is 2.96 bits per heavy atom. The standard InChI is InChI=1S/C19H23N5O/c1-14-10-20-24(11-14)17-6-4-7-22(13-17)18(25)9-16-12-23-8-3-5-15(2)19(23)21-16/h3,5,8,10-12,17H,4,6-7,9,13H2,1-2H3/t17-/m1/s1. The number of fused-ring (bicyclic) bond motifs is 1. The number of amides is 1. The number of pyridine rings is 1. The van der Waals surface area contributed by atoms with Crippen LogP contribution < -0.4 is 0 Å². The molecule has 0 unspecified atom stereocenters. The van der Waals surface area contributed by atoms with Crippen LogP contribution in [-0.4, -0.2) is 43.1 Å². The lowest BCUT2D eigenvalue weighted by molar-refractivity contribution is -0.132. The highest BCUT2D eigenvalue weighted by atomic mass is 16.2. The van der Waals surface area contributed by atoms with Crippen LogP contribution in [0.4, 0.5) is 0 Å². The Morgan fingerprint density at radius 1 is 1.32 bits per heavy atom. The van der Waals surface area contributed by atoms with Crippen molar-refractivity contribution in [3.8, 4) is 0 Å². The summed E-state index contributed by atoms with van der Waals surface area (Å²) in [5.41, 5.74) is 4.03. The second kappa shape index (κ2) is 6.35. The van der Waals surface area contributed by atoms with Crippen molar-refractivity contribution < 1.29 is 4.79 Å². The molecule has 6 heteroatoms. The van der Waals surface area contributed by atoms with Gasteiger partial charge >= 0.3 is 0 Å². The highest BCUT2D eigenvalue weighted by molar-refractivity contribution is 5.78. The SMILES string of the molecule is Cc1cnn([C@@H]2CCCN(C(=O)Cc3cn4cccc(C)c4n3)C2)c1. The molecule has 0 radical (unpaired) electrons. The summed E-state index contributed by atoms with van der Waals surface area (Å²) in [6.45, 7) is 5.63. The first kappa shape index (κ1) is 15.9. The van der Waals surface area contributed by atoms with Gasteiger partial charge < -0.3 is 9.30 Å². The highest BCUT2D eigenvalue weighted by Gasteiger charge is 2.25. The lowest BCUT2D eigenvalue weighted by Crippen LogP contribution is -2.41. The highest BCUT2D eigenvalue weighted by Crippen LogP contribution is 2.22. The fourth-order valence-corrected chi connectivity index (χ4v) is 3.59. The molecule has 1 atom stereocenters. The molecule has 0 spiro atoms. The van der Waals surface area contributed by atoms with Crippen molar-refractivity contribution in [3.63, 3.8) is 0 Å². The van der Waals surface area contributed by atoms with Gasteiger partial charge in [0.1, 0.15) is 5.65 Å². The summed E-state index contributed by atoms with van der Waals surface area (Å²) in [6.07, 6.45) is 10.3. The Hall–Kier alpha value is -2.63. The average molecular weight is 337 g/mol. The number of nitrogens with zero attached hydrogens (tertiary/aromatic N) is 5. The van der Waals surface area contributed by atoms with E-state index in [0.29, 0.717) is 6.42 Å². The van der Waals surface area contributed by atoms with Crippen LogP contribution in [0.2, 0.25) is 0 Å². The van der Waals surface area contributed by atoms with Crippen LogP contribution in [0.3, 0.4) is 0 Å². The summed E-state index contributed by atoms with van der Waals surface area (Å²) in [4.78, 5) is 19.3. The number of rotatable bonds is 3. The topological polar surface area (TPSA) is 55.4 Å². The van der Waals surface area contributed by atoms with Gasteiger partial charge in [0.05, 0.1) is 24.4 Å². The van der Waals surface area contributed by atoms with Crippen LogP contribution in [-0.2, 0) is 11.2 Å². The molecule has 0 saturated carbocycles. The normalized spacial score (nSPS) is 18.0. The van der Waals surface area contributed by atoms with Crippen molar-refractivity contribution in [2.75, 3.05) is 13.1 Å². The Labute approximate surface area is 147 Å². The summed E-state index contributed by atoms with van der Waals surface area (Å²) in [5.74, 6) is 0.148. The van der Waals surface area contributed by atoms with Crippen molar-refractivity contribution in [1.82, 2.24) is 24.1 Å². The van der Waals surface area contributed by atoms with Gasteiger partial charge in [0.15, 0.2) is 0 Å². The smallest absolute Gasteiger partial charge is 0.228 e. The predicted octanol–water partition coefficient (Wildman–Crippen LogP) is 2.55. The third-order valence-electron chi connectivity index (χ3n) is 4.91. The van der Waals surface area contributed by atoms with E-state index < -0.39 is 0 Å². The zero-order chi connectivity index (χ0) is 17.4. The molecule has 3 aromatic rings. The third-order valence-corrected chi connectivity index (χ3v) is 4.91. The van der Waals surface area contributed by atoms with E-state index in [4.69, 9.17) is 0 Å². The first-order valence-electron chi connectivity index (χ1n) is 8.82. The zero-order valence-electron chi connectivity index (χ0n) is 14.7. The third kappa shape index (κ3) is 3.16. The minimum absolute atomic E-state index is 0.148. The van der Waals surface area contributed by atoms with Crippen molar-refractivity contribution >= 4 is 11.6 Å². The van der Waals surface area contributed by atoms with Gasteiger partial charge in [-0.25, -0.2) is 4.98 Å². The van der Waals surface area contributed by atoms with Crippen LogP contribution in [0.1, 0.15) is 35.7 Å². The quantitative estimate of drug-likeness (QED) is 0.738. The van der Waals surface area contributed by atoms with Crippen LogP contribution in [0.25, 0.3) is 5.65 Å². The van der Waals surface area contributed by atoms with Gasteiger partial charge in [0, 0.05) is 31.7 Å². The van der Waals surface area contributed by atoms with Crippen molar-refractivity contribution in [2.24, 2.45) is 0 Å². The largest absolute Gasteiger partial charge is 0.340 e. The average Bonchev–Trinajstić information content (AvgIpc) is 3.22. The molecule has 0 N–H and O–H groups in total. The van der Waals surface area contributed by atoms with E-state index in [1.54, 1.807) is 0 Å². The van der Waals surface area contributed by atoms with E-state index in [1.165, 1.54) is 0 Å². The van der Waals surface area contributed by atoms with E-state index in [2.05, 4.69) is 16.3 Å². The van der Waals surface area contributed by atoms with Gasteiger partial charge in [-0.3, -0.25) is 9.48 Å². The minimum Gasteiger partial charge on any atom is -0.340 e. The first-order valence-corrected chi connectivity index (χ1v) is 8.82. The van der Waals surface area contributed by atoms with Crippen LogP contribution in [0.5, 0.6) is 0 Å². The van der Waals surface area contributed by atoms with Gasteiger partial charge in [-0.05, 0) is 43.9 Å². The molecule has 3 aromatic heterocycles. The number of hydrogen-bond donors (Lipinski definition) is 0. The second-order valence-corrected chi connectivity index (χ2v) is 6.96. The van der Waals surface area contributed by atoms with Crippen LogP contribution in [0.15, 0.2) is 36.9 Å². The molecule has 4 heterocycles. The first-order chi connectivity index (χ1) is 12.1. The fraction of sp³-hybridized carbons (Fsp3) is 0.421. The second-order valence-electron chi connectivity index (χ2n) is 6.96. The minimum atomic E-state index is 0.148.